The normalized spacial score (nSPS) is 24.4. The highest BCUT2D eigenvalue weighted by molar-refractivity contribution is 5.32. The average Bonchev–Trinajstić information content (AvgIpc) is 2.43. The lowest BCUT2D eigenvalue weighted by Crippen LogP contribution is -2.43. The molecule has 0 aliphatic carbocycles. The largest absolute Gasteiger partial charge is 0.492 e. The Hall–Kier alpha value is -1.10. The molecule has 19 heavy (non-hydrogen) atoms. The van der Waals surface area contributed by atoms with Crippen molar-refractivity contribution in [1.82, 2.24) is 4.90 Å². The molecular weight excluding hydrogens is 240 g/mol. The maximum atomic E-state index is 9.70. The third kappa shape index (κ3) is 3.93. The molecule has 2 rings (SSSR count). The van der Waals surface area contributed by atoms with Gasteiger partial charge in [0, 0.05) is 31.7 Å². The number of aliphatic hydroxyl groups excluding tert-OH is 1. The molecule has 0 bridgehead atoms. The quantitative estimate of drug-likeness (QED) is 0.840. The number of nitrogens with zero attached hydrogens (tertiary/aromatic N) is 1. The summed E-state index contributed by atoms with van der Waals surface area (Å²) in [6.45, 7) is 6.07. The minimum absolute atomic E-state index is 0.143. The molecule has 0 spiro atoms. The van der Waals surface area contributed by atoms with Crippen LogP contribution in [-0.2, 0) is 6.54 Å². The first-order chi connectivity index (χ1) is 9.20. The Morgan fingerprint density at radius 3 is 2.95 bits per heavy atom. The van der Waals surface area contributed by atoms with Crippen LogP contribution in [0.15, 0.2) is 24.3 Å². The minimum Gasteiger partial charge on any atom is -0.492 e. The van der Waals surface area contributed by atoms with Crippen LogP contribution in [-0.4, -0.2) is 42.4 Å². The van der Waals surface area contributed by atoms with Crippen molar-refractivity contribution in [3.05, 3.63) is 29.8 Å². The smallest absolute Gasteiger partial charge is 0.123 e. The van der Waals surface area contributed by atoms with E-state index < -0.39 is 0 Å². The number of hydrogen-bond acceptors (Lipinski definition) is 4. The topological polar surface area (TPSA) is 58.7 Å². The van der Waals surface area contributed by atoms with Crippen LogP contribution in [0.3, 0.4) is 0 Å². The third-order valence-corrected chi connectivity index (χ3v) is 3.80. The van der Waals surface area contributed by atoms with Crippen LogP contribution in [0.2, 0.25) is 0 Å². The van der Waals surface area contributed by atoms with Crippen molar-refractivity contribution in [1.29, 1.82) is 0 Å². The summed E-state index contributed by atoms with van der Waals surface area (Å²) in [4.78, 5) is 2.35. The summed E-state index contributed by atoms with van der Waals surface area (Å²) in [7, 11) is 0. The number of nitrogens with two attached hydrogens (primary N) is 1. The molecule has 4 nitrogen and oxygen atoms in total. The van der Waals surface area contributed by atoms with Gasteiger partial charge < -0.3 is 15.6 Å². The summed E-state index contributed by atoms with van der Waals surface area (Å²) >= 11 is 0. The van der Waals surface area contributed by atoms with Crippen molar-refractivity contribution >= 4 is 0 Å². The second kappa shape index (κ2) is 6.89. The van der Waals surface area contributed by atoms with Crippen molar-refractivity contribution in [2.45, 2.75) is 26.0 Å². The van der Waals surface area contributed by atoms with E-state index >= 15 is 0 Å². The number of para-hydroxylation sites is 1. The lowest BCUT2D eigenvalue weighted by atomic mass is 9.97. The first-order valence-corrected chi connectivity index (χ1v) is 7.02. The van der Waals surface area contributed by atoms with Gasteiger partial charge in [0.05, 0.1) is 6.10 Å². The predicted molar refractivity (Wildman–Crippen MR) is 76.1 cm³/mol. The Morgan fingerprint density at radius 1 is 1.42 bits per heavy atom. The lowest BCUT2D eigenvalue weighted by molar-refractivity contribution is 0.0304. The zero-order chi connectivity index (χ0) is 13.7. The molecule has 2 atom stereocenters. The zero-order valence-corrected chi connectivity index (χ0v) is 11.6. The van der Waals surface area contributed by atoms with Gasteiger partial charge in [0.25, 0.3) is 0 Å². The molecule has 1 aromatic carbocycles. The van der Waals surface area contributed by atoms with Crippen LogP contribution in [0.25, 0.3) is 0 Å². The molecular formula is C15H24N2O2. The highest BCUT2D eigenvalue weighted by Crippen LogP contribution is 2.18. The second-order valence-electron chi connectivity index (χ2n) is 5.29. The average molecular weight is 264 g/mol. The van der Waals surface area contributed by atoms with Crippen molar-refractivity contribution in [2.75, 3.05) is 26.2 Å². The summed E-state index contributed by atoms with van der Waals surface area (Å²) in [5, 5.41) is 9.70. The Bertz CT molecular complexity index is 397. The molecule has 1 heterocycles. The maximum absolute atomic E-state index is 9.70. The number of likely N-dealkylation sites (tertiary alicyclic amines) is 1. The van der Waals surface area contributed by atoms with Crippen LogP contribution in [0.5, 0.6) is 5.75 Å². The Balaban J connectivity index is 1.77. The molecule has 1 aliphatic heterocycles. The molecule has 0 amide bonds. The lowest BCUT2D eigenvalue weighted by Gasteiger charge is -2.34. The van der Waals surface area contributed by atoms with Gasteiger partial charge in [0.15, 0.2) is 0 Å². The van der Waals surface area contributed by atoms with Gasteiger partial charge >= 0.3 is 0 Å². The summed E-state index contributed by atoms with van der Waals surface area (Å²) in [6, 6.07) is 7.90. The predicted octanol–water partition coefficient (Wildman–Crippen LogP) is 1.23. The number of rotatable bonds is 5. The van der Waals surface area contributed by atoms with E-state index in [9.17, 15) is 5.11 Å². The highest BCUT2D eigenvalue weighted by atomic mass is 16.5. The van der Waals surface area contributed by atoms with E-state index in [2.05, 4.69) is 11.8 Å². The van der Waals surface area contributed by atoms with Crippen LogP contribution >= 0.6 is 0 Å². The molecule has 3 N–H and O–H groups in total. The molecule has 4 heteroatoms. The SMILES string of the molecule is CC1CN(CCOc2ccccc2CN)CCC1O. The molecule has 106 valence electrons. The first-order valence-electron chi connectivity index (χ1n) is 7.02. The van der Waals surface area contributed by atoms with Gasteiger partial charge in [-0.15, -0.1) is 0 Å². The molecule has 1 fully saturated rings. The van der Waals surface area contributed by atoms with Gasteiger partial charge in [-0.3, -0.25) is 4.90 Å². The number of ether oxygens (including phenoxy) is 1. The van der Waals surface area contributed by atoms with Gasteiger partial charge in [-0.05, 0) is 18.4 Å². The highest BCUT2D eigenvalue weighted by Gasteiger charge is 2.23. The van der Waals surface area contributed by atoms with E-state index in [0.717, 1.165) is 37.4 Å². The number of hydrogen-bond donors (Lipinski definition) is 2. The zero-order valence-electron chi connectivity index (χ0n) is 11.6. The molecule has 1 aromatic rings. The maximum Gasteiger partial charge on any atom is 0.123 e. The molecule has 1 saturated heterocycles. The molecule has 0 aromatic heterocycles. The minimum atomic E-state index is -0.143. The van der Waals surface area contributed by atoms with Gasteiger partial charge in [-0.2, -0.15) is 0 Å². The fourth-order valence-electron chi connectivity index (χ4n) is 2.52. The Labute approximate surface area is 115 Å². The van der Waals surface area contributed by atoms with Crippen LogP contribution in [0.4, 0.5) is 0 Å². The van der Waals surface area contributed by atoms with E-state index in [1.165, 1.54) is 0 Å². The van der Waals surface area contributed by atoms with E-state index in [1.807, 2.05) is 24.3 Å². The number of piperidine rings is 1. The van der Waals surface area contributed by atoms with Crippen LogP contribution in [0.1, 0.15) is 18.9 Å². The van der Waals surface area contributed by atoms with Crippen LogP contribution in [0, 0.1) is 5.92 Å². The van der Waals surface area contributed by atoms with E-state index in [1.54, 1.807) is 0 Å². The summed E-state index contributed by atoms with van der Waals surface area (Å²) in [5.41, 5.74) is 6.73. The van der Waals surface area contributed by atoms with Gasteiger partial charge in [-0.1, -0.05) is 25.1 Å². The standard InChI is InChI=1S/C15H24N2O2/c1-12-11-17(7-6-14(12)18)8-9-19-15-5-3-2-4-13(15)10-16/h2-5,12,14,18H,6-11,16H2,1H3. The van der Waals surface area contributed by atoms with E-state index in [-0.39, 0.29) is 6.10 Å². The summed E-state index contributed by atoms with van der Waals surface area (Å²) in [5.74, 6) is 1.24. The van der Waals surface area contributed by atoms with Gasteiger partial charge in [0.1, 0.15) is 12.4 Å². The van der Waals surface area contributed by atoms with E-state index in [4.69, 9.17) is 10.5 Å². The van der Waals surface area contributed by atoms with Gasteiger partial charge in [0.2, 0.25) is 0 Å². The van der Waals surface area contributed by atoms with Crippen molar-refractivity contribution in [3.63, 3.8) is 0 Å². The molecule has 2 unspecified atom stereocenters. The van der Waals surface area contributed by atoms with Crippen molar-refractivity contribution in [3.8, 4) is 5.75 Å². The third-order valence-electron chi connectivity index (χ3n) is 3.80. The first kappa shape index (κ1) is 14.3. The Morgan fingerprint density at radius 2 is 2.21 bits per heavy atom. The summed E-state index contributed by atoms with van der Waals surface area (Å²) in [6.07, 6.45) is 0.718. The molecule has 0 saturated carbocycles. The Kier molecular flexibility index (Phi) is 5.19. The monoisotopic (exact) mass is 264 g/mol. The van der Waals surface area contributed by atoms with Crippen molar-refractivity contribution < 1.29 is 9.84 Å². The molecule has 1 aliphatic rings. The van der Waals surface area contributed by atoms with E-state index in [0.29, 0.717) is 19.1 Å². The fraction of sp³-hybridized carbons (Fsp3) is 0.600. The van der Waals surface area contributed by atoms with Crippen molar-refractivity contribution in [2.24, 2.45) is 11.7 Å². The van der Waals surface area contributed by atoms with Crippen LogP contribution < -0.4 is 10.5 Å². The second-order valence-corrected chi connectivity index (χ2v) is 5.29. The summed E-state index contributed by atoms with van der Waals surface area (Å²) < 4.78 is 5.81. The van der Waals surface area contributed by atoms with Gasteiger partial charge in [-0.25, -0.2) is 0 Å². The number of benzene rings is 1. The fourth-order valence-corrected chi connectivity index (χ4v) is 2.52. The molecule has 0 radical (unpaired) electrons. The number of aliphatic hydroxyl groups is 1.